The zero-order valence-electron chi connectivity index (χ0n) is 14.8. The van der Waals surface area contributed by atoms with Crippen molar-refractivity contribution in [2.24, 2.45) is 0 Å². The number of aryl methyl sites for hydroxylation is 1. The Morgan fingerprint density at radius 3 is 2.46 bits per heavy atom. The molecule has 8 heteroatoms. The van der Waals surface area contributed by atoms with Crippen LogP contribution in [0.15, 0.2) is 46.4 Å². The molecule has 4 rings (SSSR count). The van der Waals surface area contributed by atoms with E-state index in [1.54, 1.807) is 24.3 Å². The number of nitrogens with zero attached hydrogens (tertiary/aromatic N) is 1. The molecule has 0 spiro atoms. The number of hydrogen-bond donors (Lipinski definition) is 1. The number of barbiturate groups is 1. The number of carbonyl (C=O) groups excluding carboxylic acids is 3. The van der Waals surface area contributed by atoms with Gasteiger partial charge < -0.3 is 9.47 Å². The smallest absolute Gasteiger partial charge is 0.335 e. The van der Waals surface area contributed by atoms with Crippen LogP contribution in [0.1, 0.15) is 18.1 Å². The largest absolute Gasteiger partial charge is 0.454 e. The fourth-order valence-corrected chi connectivity index (χ4v) is 3.41. The molecular formula is C20H15BrN2O5. The van der Waals surface area contributed by atoms with Gasteiger partial charge in [0, 0.05) is 4.47 Å². The lowest BCUT2D eigenvalue weighted by Gasteiger charge is -2.26. The molecule has 4 amide bonds. The van der Waals surface area contributed by atoms with Gasteiger partial charge in [-0.15, -0.1) is 0 Å². The van der Waals surface area contributed by atoms with Gasteiger partial charge in [0.05, 0.1) is 5.69 Å². The molecule has 0 aliphatic carbocycles. The van der Waals surface area contributed by atoms with Crippen molar-refractivity contribution in [1.82, 2.24) is 5.32 Å². The molecule has 1 N–H and O–H groups in total. The van der Waals surface area contributed by atoms with Gasteiger partial charge >= 0.3 is 6.03 Å². The predicted molar refractivity (Wildman–Crippen MR) is 105 cm³/mol. The second-order valence-electron chi connectivity index (χ2n) is 6.20. The molecule has 1 fully saturated rings. The van der Waals surface area contributed by atoms with Gasteiger partial charge in [-0.05, 0) is 47.9 Å². The highest BCUT2D eigenvalue weighted by Crippen LogP contribution is 2.38. The van der Waals surface area contributed by atoms with E-state index in [0.717, 1.165) is 16.9 Å². The average Bonchev–Trinajstić information content (AvgIpc) is 3.12. The quantitative estimate of drug-likeness (QED) is 0.581. The minimum Gasteiger partial charge on any atom is -0.454 e. The van der Waals surface area contributed by atoms with Crippen LogP contribution in [0.4, 0.5) is 10.5 Å². The van der Waals surface area contributed by atoms with E-state index in [1.807, 2.05) is 19.1 Å². The Kier molecular flexibility index (Phi) is 4.64. The van der Waals surface area contributed by atoms with Crippen molar-refractivity contribution in [3.05, 3.63) is 57.6 Å². The first-order valence-electron chi connectivity index (χ1n) is 8.57. The molecule has 0 radical (unpaired) electrons. The Morgan fingerprint density at radius 1 is 1.11 bits per heavy atom. The topological polar surface area (TPSA) is 84.9 Å². The first kappa shape index (κ1) is 18.2. The van der Waals surface area contributed by atoms with Gasteiger partial charge in [0.15, 0.2) is 11.5 Å². The maximum absolute atomic E-state index is 13.0. The van der Waals surface area contributed by atoms with Crippen molar-refractivity contribution in [1.29, 1.82) is 0 Å². The number of anilines is 1. The summed E-state index contributed by atoms with van der Waals surface area (Å²) in [7, 11) is 0. The fraction of sp³-hybridized carbons (Fsp3) is 0.150. The Bertz CT molecular complexity index is 1030. The lowest BCUT2D eigenvalue weighted by molar-refractivity contribution is -0.122. The lowest BCUT2D eigenvalue weighted by atomic mass is 10.1. The number of rotatable bonds is 3. The summed E-state index contributed by atoms with van der Waals surface area (Å²) in [6, 6.07) is 9.62. The van der Waals surface area contributed by atoms with Gasteiger partial charge in [-0.2, -0.15) is 0 Å². The molecule has 2 aromatic carbocycles. The predicted octanol–water partition coefficient (Wildman–Crippen LogP) is 3.41. The number of ether oxygens (including phenoxy) is 2. The summed E-state index contributed by atoms with van der Waals surface area (Å²) >= 11 is 3.40. The Morgan fingerprint density at radius 2 is 1.79 bits per heavy atom. The normalized spacial score (nSPS) is 17.3. The van der Waals surface area contributed by atoms with Crippen LogP contribution in [0.3, 0.4) is 0 Å². The van der Waals surface area contributed by atoms with Crippen molar-refractivity contribution in [2.45, 2.75) is 13.3 Å². The Hall–Kier alpha value is -3.13. The number of amides is 4. The zero-order valence-corrected chi connectivity index (χ0v) is 16.4. The molecule has 7 nitrogen and oxygen atoms in total. The maximum atomic E-state index is 13.0. The molecule has 28 heavy (non-hydrogen) atoms. The van der Waals surface area contributed by atoms with E-state index in [4.69, 9.17) is 9.47 Å². The van der Waals surface area contributed by atoms with E-state index in [2.05, 4.69) is 21.2 Å². The van der Waals surface area contributed by atoms with Crippen LogP contribution in [0, 0.1) is 0 Å². The van der Waals surface area contributed by atoms with Crippen molar-refractivity contribution in [2.75, 3.05) is 11.7 Å². The third-order valence-corrected chi connectivity index (χ3v) is 5.18. The number of nitrogens with one attached hydrogen (secondary N) is 1. The minimum atomic E-state index is -0.777. The molecule has 0 unspecified atom stereocenters. The third-order valence-electron chi connectivity index (χ3n) is 4.50. The zero-order chi connectivity index (χ0) is 19.8. The van der Waals surface area contributed by atoms with Gasteiger partial charge in [-0.1, -0.05) is 35.0 Å². The summed E-state index contributed by atoms with van der Waals surface area (Å²) in [6.45, 7) is 2.12. The van der Waals surface area contributed by atoms with Gasteiger partial charge in [0.2, 0.25) is 6.79 Å². The van der Waals surface area contributed by atoms with E-state index in [9.17, 15) is 14.4 Å². The molecule has 0 bridgehead atoms. The minimum absolute atomic E-state index is 0.108. The molecule has 0 aromatic heterocycles. The number of halogens is 1. The molecule has 1 saturated heterocycles. The van der Waals surface area contributed by atoms with Crippen LogP contribution < -0.4 is 19.7 Å². The maximum Gasteiger partial charge on any atom is 0.335 e. The van der Waals surface area contributed by atoms with Crippen molar-refractivity contribution >= 4 is 45.5 Å². The first-order chi connectivity index (χ1) is 13.5. The van der Waals surface area contributed by atoms with Crippen LogP contribution >= 0.6 is 15.9 Å². The second kappa shape index (κ2) is 7.12. The monoisotopic (exact) mass is 442 g/mol. The van der Waals surface area contributed by atoms with Crippen molar-refractivity contribution in [3.63, 3.8) is 0 Å². The van der Waals surface area contributed by atoms with E-state index in [0.29, 0.717) is 27.2 Å². The van der Waals surface area contributed by atoms with Crippen LogP contribution in [0.25, 0.3) is 6.08 Å². The molecule has 142 valence electrons. The number of urea groups is 1. The summed E-state index contributed by atoms with van der Waals surface area (Å²) in [5, 5.41) is 2.22. The lowest BCUT2D eigenvalue weighted by Crippen LogP contribution is -2.54. The van der Waals surface area contributed by atoms with E-state index in [1.165, 1.54) is 6.08 Å². The van der Waals surface area contributed by atoms with E-state index >= 15 is 0 Å². The highest BCUT2D eigenvalue weighted by molar-refractivity contribution is 9.10. The standard InChI is InChI=1S/C20H15BrN2O5/c1-2-11-3-5-13(6-4-11)23-19(25)14(18(24)22-20(23)26)7-12-8-16-17(9-15(12)21)28-10-27-16/h3-9H,2,10H2,1H3,(H,22,24,26)/b14-7+. The summed E-state index contributed by atoms with van der Waals surface area (Å²) in [4.78, 5) is 38.5. The molecule has 0 saturated carbocycles. The van der Waals surface area contributed by atoms with Crippen LogP contribution in [-0.2, 0) is 16.0 Å². The summed E-state index contributed by atoms with van der Waals surface area (Å²) in [5.41, 5.74) is 1.87. The Balaban J connectivity index is 1.72. The van der Waals surface area contributed by atoms with Gasteiger partial charge in [0.25, 0.3) is 11.8 Å². The van der Waals surface area contributed by atoms with Crippen LogP contribution in [0.2, 0.25) is 0 Å². The SMILES string of the molecule is CCc1ccc(N2C(=O)NC(=O)/C(=C\c3cc4c(cc3Br)OCO4)C2=O)cc1. The van der Waals surface area contributed by atoms with Crippen LogP contribution in [-0.4, -0.2) is 24.6 Å². The molecule has 0 atom stereocenters. The van der Waals surface area contributed by atoms with Crippen molar-refractivity contribution in [3.8, 4) is 11.5 Å². The molecule has 2 aliphatic rings. The summed E-state index contributed by atoms with van der Waals surface area (Å²) in [6.07, 6.45) is 2.26. The van der Waals surface area contributed by atoms with Crippen molar-refractivity contribution < 1.29 is 23.9 Å². The highest BCUT2D eigenvalue weighted by atomic mass is 79.9. The Labute approximate surface area is 169 Å². The average molecular weight is 443 g/mol. The number of imide groups is 2. The molecule has 2 aliphatic heterocycles. The number of carbonyl (C=O) groups is 3. The molecular weight excluding hydrogens is 428 g/mol. The number of hydrogen-bond acceptors (Lipinski definition) is 5. The third kappa shape index (κ3) is 3.16. The summed E-state index contributed by atoms with van der Waals surface area (Å²) < 4.78 is 11.3. The van der Waals surface area contributed by atoms with Crippen LogP contribution in [0.5, 0.6) is 11.5 Å². The van der Waals surface area contributed by atoms with Gasteiger partial charge in [-0.25, -0.2) is 9.69 Å². The van der Waals surface area contributed by atoms with Gasteiger partial charge in [0.1, 0.15) is 5.57 Å². The highest BCUT2D eigenvalue weighted by Gasteiger charge is 2.37. The summed E-state index contributed by atoms with van der Waals surface area (Å²) in [5.74, 6) is -0.355. The number of fused-ring (bicyclic) bond motifs is 1. The second-order valence-corrected chi connectivity index (χ2v) is 7.06. The van der Waals surface area contributed by atoms with E-state index < -0.39 is 17.8 Å². The van der Waals surface area contributed by atoms with E-state index in [-0.39, 0.29) is 12.4 Å². The number of benzene rings is 2. The first-order valence-corrected chi connectivity index (χ1v) is 9.36. The van der Waals surface area contributed by atoms with Gasteiger partial charge in [-0.3, -0.25) is 14.9 Å². The molecule has 2 heterocycles. The molecule has 2 aromatic rings. The fourth-order valence-electron chi connectivity index (χ4n) is 2.97.